The van der Waals surface area contributed by atoms with Gasteiger partial charge in [0.15, 0.2) is 0 Å². The predicted octanol–water partition coefficient (Wildman–Crippen LogP) is 3.97. The summed E-state index contributed by atoms with van der Waals surface area (Å²) in [6.45, 7) is 6.57. The number of hydrogen-bond donors (Lipinski definition) is 0. The molecule has 62 valence electrons. The van der Waals surface area contributed by atoms with E-state index in [2.05, 4.69) is 20.8 Å². The molecule has 0 N–H and O–H groups in total. The Morgan fingerprint density at radius 3 is 1.60 bits per heavy atom. The molecule has 1 heteroatoms. The first-order chi connectivity index (χ1) is 4.68. The second kappa shape index (κ2) is 5.01. The standard InChI is InChI=1S/C9H19Cl/c1-4-7-9(10,6-3)8-5-2/h4-8H2,1-3H3. The van der Waals surface area contributed by atoms with Crippen LogP contribution in [0.3, 0.4) is 0 Å². The molecule has 0 saturated heterocycles. The molecule has 0 heterocycles. The van der Waals surface area contributed by atoms with E-state index in [1.165, 1.54) is 25.7 Å². The van der Waals surface area contributed by atoms with E-state index in [1.807, 2.05) is 0 Å². The lowest BCUT2D eigenvalue weighted by Crippen LogP contribution is -2.19. The minimum Gasteiger partial charge on any atom is -0.119 e. The number of hydrogen-bond acceptors (Lipinski definition) is 0. The van der Waals surface area contributed by atoms with Crippen LogP contribution in [0.2, 0.25) is 0 Å². The lowest BCUT2D eigenvalue weighted by Gasteiger charge is -2.24. The topological polar surface area (TPSA) is 0 Å². The van der Waals surface area contributed by atoms with Crippen LogP contribution in [0.4, 0.5) is 0 Å². The largest absolute Gasteiger partial charge is 0.119 e. The molecule has 0 nitrogen and oxygen atoms in total. The summed E-state index contributed by atoms with van der Waals surface area (Å²) in [7, 11) is 0. The molecule has 0 bridgehead atoms. The molecule has 0 atom stereocenters. The Hall–Kier alpha value is 0.290. The molecular formula is C9H19Cl. The highest BCUT2D eigenvalue weighted by Gasteiger charge is 2.21. The molecule has 0 aromatic carbocycles. The average Bonchev–Trinajstić information content (AvgIpc) is 1.89. The number of rotatable bonds is 5. The van der Waals surface area contributed by atoms with Crippen molar-refractivity contribution in [3.05, 3.63) is 0 Å². The van der Waals surface area contributed by atoms with E-state index in [1.54, 1.807) is 0 Å². The molecule has 0 aromatic rings. The third-order valence-corrected chi connectivity index (χ3v) is 2.67. The van der Waals surface area contributed by atoms with E-state index in [4.69, 9.17) is 11.6 Å². The molecule has 0 radical (unpaired) electrons. The van der Waals surface area contributed by atoms with Gasteiger partial charge < -0.3 is 0 Å². The molecule has 10 heavy (non-hydrogen) atoms. The molecule has 0 unspecified atom stereocenters. The van der Waals surface area contributed by atoms with E-state index in [0.717, 1.165) is 6.42 Å². The average molecular weight is 163 g/mol. The third kappa shape index (κ3) is 3.46. The van der Waals surface area contributed by atoms with E-state index < -0.39 is 0 Å². The monoisotopic (exact) mass is 162 g/mol. The molecule has 0 aromatic heterocycles. The van der Waals surface area contributed by atoms with Crippen molar-refractivity contribution in [2.75, 3.05) is 0 Å². The Kier molecular flexibility index (Phi) is 5.15. The Balaban J connectivity index is 3.69. The van der Waals surface area contributed by atoms with Crippen LogP contribution in [0.5, 0.6) is 0 Å². The van der Waals surface area contributed by atoms with E-state index in [9.17, 15) is 0 Å². The molecular weight excluding hydrogens is 144 g/mol. The van der Waals surface area contributed by atoms with Crippen LogP contribution >= 0.6 is 11.6 Å². The number of alkyl halides is 1. The first kappa shape index (κ1) is 10.3. The van der Waals surface area contributed by atoms with Crippen LogP contribution in [-0.2, 0) is 0 Å². The zero-order valence-electron chi connectivity index (χ0n) is 7.41. The van der Waals surface area contributed by atoms with Crippen LogP contribution in [0.1, 0.15) is 52.9 Å². The summed E-state index contributed by atoms with van der Waals surface area (Å²) >= 11 is 6.32. The van der Waals surface area contributed by atoms with Crippen molar-refractivity contribution in [3.8, 4) is 0 Å². The Labute approximate surface area is 70.0 Å². The highest BCUT2D eigenvalue weighted by atomic mass is 35.5. The molecule has 0 fully saturated rings. The van der Waals surface area contributed by atoms with E-state index >= 15 is 0 Å². The Morgan fingerprint density at radius 2 is 1.40 bits per heavy atom. The predicted molar refractivity (Wildman–Crippen MR) is 48.7 cm³/mol. The first-order valence-electron chi connectivity index (χ1n) is 4.37. The van der Waals surface area contributed by atoms with Gasteiger partial charge >= 0.3 is 0 Å². The van der Waals surface area contributed by atoms with Gasteiger partial charge in [-0.1, -0.05) is 33.6 Å². The normalized spacial score (nSPS) is 12.0. The van der Waals surface area contributed by atoms with Crippen LogP contribution in [-0.4, -0.2) is 4.87 Å². The summed E-state index contributed by atoms with van der Waals surface area (Å²) < 4.78 is 0. The summed E-state index contributed by atoms with van der Waals surface area (Å²) in [6.07, 6.45) is 5.85. The van der Waals surface area contributed by atoms with Crippen molar-refractivity contribution in [2.45, 2.75) is 57.7 Å². The van der Waals surface area contributed by atoms with Crippen molar-refractivity contribution in [1.82, 2.24) is 0 Å². The zero-order chi connectivity index (χ0) is 8.04. The molecule has 0 aliphatic carbocycles. The Morgan fingerprint density at radius 1 is 1.00 bits per heavy atom. The fourth-order valence-electron chi connectivity index (χ4n) is 1.37. The van der Waals surface area contributed by atoms with Crippen molar-refractivity contribution in [2.24, 2.45) is 0 Å². The first-order valence-corrected chi connectivity index (χ1v) is 4.75. The van der Waals surface area contributed by atoms with Gasteiger partial charge in [0.2, 0.25) is 0 Å². The maximum absolute atomic E-state index is 6.32. The quantitative estimate of drug-likeness (QED) is 0.537. The summed E-state index contributed by atoms with van der Waals surface area (Å²) in [5.41, 5.74) is 0. The van der Waals surface area contributed by atoms with Crippen molar-refractivity contribution in [1.29, 1.82) is 0 Å². The van der Waals surface area contributed by atoms with Gasteiger partial charge in [-0.2, -0.15) is 0 Å². The van der Waals surface area contributed by atoms with Gasteiger partial charge in [-0.3, -0.25) is 0 Å². The molecule has 0 rings (SSSR count). The molecule has 0 spiro atoms. The van der Waals surface area contributed by atoms with Crippen molar-refractivity contribution < 1.29 is 0 Å². The van der Waals surface area contributed by atoms with Crippen LogP contribution in [0.25, 0.3) is 0 Å². The molecule has 0 aliphatic heterocycles. The zero-order valence-corrected chi connectivity index (χ0v) is 8.17. The summed E-state index contributed by atoms with van der Waals surface area (Å²) in [4.78, 5) is 0.115. The van der Waals surface area contributed by atoms with Gasteiger partial charge in [0, 0.05) is 4.87 Å². The molecule has 0 aliphatic rings. The number of halogens is 1. The van der Waals surface area contributed by atoms with Gasteiger partial charge in [-0.15, -0.1) is 11.6 Å². The van der Waals surface area contributed by atoms with E-state index in [-0.39, 0.29) is 4.87 Å². The smallest absolute Gasteiger partial charge is 0.0444 e. The second-order valence-corrected chi connectivity index (χ2v) is 3.81. The van der Waals surface area contributed by atoms with Gasteiger partial charge in [-0.05, 0) is 19.3 Å². The second-order valence-electron chi connectivity index (χ2n) is 3.00. The minimum absolute atomic E-state index is 0.115. The maximum atomic E-state index is 6.32. The molecule has 0 amide bonds. The summed E-state index contributed by atoms with van der Waals surface area (Å²) in [5.74, 6) is 0. The highest BCUT2D eigenvalue weighted by Crippen LogP contribution is 2.30. The third-order valence-electron chi connectivity index (χ3n) is 2.03. The van der Waals surface area contributed by atoms with Crippen LogP contribution < -0.4 is 0 Å². The Bertz CT molecular complexity index is 72.8. The van der Waals surface area contributed by atoms with E-state index in [0.29, 0.717) is 0 Å². The summed E-state index contributed by atoms with van der Waals surface area (Å²) in [5, 5.41) is 0. The van der Waals surface area contributed by atoms with Crippen LogP contribution in [0, 0.1) is 0 Å². The lowest BCUT2D eigenvalue weighted by atomic mass is 9.95. The van der Waals surface area contributed by atoms with Gasteiger partial charge in [0.05, 0.1) is 0 Å². The van der Waals surface area contributed by atoms with Gasteiger partial charge in [0.1, 0.15) is 0 Å². The highest BCUT2D eigenvalue weighted by molar-refractivity contribution is 6.23. The van der Waals surface area contributed by atoms with Gasteiger partial charge in [-0.25, -0.2) is 0 Å². The van der Waals surface area contributed by atoms with Gasteiger partial charge in [0.25, 0.3) is 0 Å². The maximum Gasteiger partial charge on any atom is 0.0444 e. The fraction of sp³-hybridized carbons (Fsp3) is 1.00. The fourth-order valence-corrected chi connectivity index (χ4v) is 1.75. The van der Waals surface area contributed by atoms with Crippen LogP contribution in [0.15, 0.2) is 0 Å². The van der Waals surface area contributed by atoms with Crippen molar-refractivity contribution >= 4 is 11.6 Å². The van der Waals surface area contributed by atoms with Crippen molar-refractivity contribution in [3.63, 3.8) is 0 Å². The lowest BCUT2D eigenvalue weighted by molar-refractivity contribution is 0.465. The SMILES string of the molecule is CCCC(Cl)(CC)CCC. The minimum atomic E-state index is 0.115. The summed E-state index contributed by atoms with van der Waals surface area (Å²) in [6, 6.07) is 0. The molecule has 0 saturated carbocycles.